The van der Waals surface area contributed by atoms with E-state index in [-0.39, 0.29) is 11.8 Å². The van der Waals surface area contributed by atoms with Gasteiger partial charge in [0, 0.05) is 30.8 Å². The van der Waals surface area contributed by atoms with Gasteiger partial charge in [-0.25, -0.2) is 0 Å². The van der Waals surface area contributed by atoms with Crippen LogP contribution in [0.5, 0.6) is 0 Å². The number of amides is 2. The van der Waals surface area contributed by atoms with Gasteiger partial charge in [-0.2, -0.15) is 0 Å². The zero-order valence-corrected chi connectivity index (χ0v) is 14.4. The highest BCUT2D eigenvalue weighted by Crippen LogP contribution is 2.30. The smallest absolute Gasteiger partial charge is 0.251 e. The topological polar surface area (TPSA) is 61.4 Å². The third kappa shape index (κ3) is 4.15. The van der Waals surface area contributed by atoms with Crippen molar-refractivity contribution in [2.24, 2.45) is 5.92 Å². The lowest BCUT2D eigenvalue weighted by Gasteiger charge is -2.44. The Balaban J connectivity index is 1.53. The fourth-order valence-electron chi connectivity index (χ4n) is 4.05. The SMILES string of the molecule is CC(=O)Nc1ccc(C(=O)NC[C@H]2CCCN3CCCC[C@H]23)cc1. The molecular weight excluding hydrogens is 302 g/mol. The molecule has 2 N–H and O–H groups in total. The van der Waals surface area contributed by atoms with Gasteiger partial charge in [0.2, 0.25) is 5.91 Å². The van der Waals surface area contributed by atoms with Crippen LogP contribution in [0.3, 0.4) is 0 Å². The number of nitrogens with zero attached hydrogens (tertiary/aromatic N) is 1. The number of piperidine rings is 2. The average Bonchev–Trinajstić information content (AvgIpc) is 2.59. The zero-order valence-electron chi connectivity index (χ0n) is 14.4. The molecule has 0 unspecified atom stereocenters. The van der Waals surface area contributed by atoms with Gasteiger partial charge in [-0.1, -0.05) is 6.42 Å². The minimum atomic E-state index is -0.110. The number of carbonyl (C=O) groups is 2. The van der Waals surface area contributed by atoms with Crippen molar-refractivity contribution >= 4 is 17.5 Å². The predicted octanol–water partition coefficient (Wildman–Crippen LogP) is 2.64. The van der Waals surface area contributed by atoms with E-state index in [0.29, 0.717) is 23.2 Å². The molecule has 0 aliphatic carbocycles. The van der Waals surface area contributed by atoms with Gasteiger partial charge in [0.15, 0.2) is 0 Å². The van der Waals surface area contributed by atoms with E-state index in [9.17, 15) is 9.59 Å². The van der Waals surface area contributed by atoms with Crippen LogP contribution in [-0.4, -0.2) is 42.4 Å². The lowest BCUT2D eigenvalue weighted by atomic mass is 9.83. The van der Waals surface area contributed by atoms with Gasteiger partial charge in [0.05, 0.1) is 0 Å². The number of benzene rings is 1. The normalized spacial score (nSPS) is 24.0. The fraction of sp³-hybridized carbons (Fsp3) is 0.579. The number of nitrogens with one attached hydrogen (secondary N) is 2. The Morgan fingerprint density at radius 1 is 1.08 bits per heavy atom. The summed E-state index contributed by atoms with van der Waals surface area (Å²) >= 11 is 0. The summed E-state index contributed by atoms with van der Waals surface area (Å²) in [5.74, 6) is 0.431. The van der Waals surface area contributed by atoms with Gasteiger partial charge >= 0.3 is 0 Å². The Labute approximate surface area is 143 Å². The lowest BCUT2D eigenvalue weighted by molar-refractivity contribution is -0.114. The largest absolute Gasteiger partial charge is 0.352 e. The van der Waals surface area contributed by atoms with Gasteiger partial charge in [-0.3, -0.25) is 9.59 Å². The van der Waals surface area contributed by atoms with Crippen molar-refractivity contribution in [2.45, 2.75) is 45.1 Å². The van der Waals surface area contributed by atoms with E-state index in [1.54, 1.807) is 24.3 Å². The highest BCUT2D eigenvalue weighted by molar-refractivity contribution is 5.95. The van der Waals surface area contributed by atoms with Gasteiger partial charge in [-0.05, 0) is 69.0 Å². The van der Waals surface area contributed by atoms with E-state index < -0.39 is 0 Å². The molecule has 5 heteroatoms. The first-order valence-electron chi connectivity index (χ1n) is 9.03. The maximum atomic E-state index is 12.4. The molecule has 0 saturated carbocycles. The van der Waals surface area contributed by atoms with Crippen molar-refractivity contribution in [1.29, 1.82) is 0 Å². The maximum Gasteiger partial charge on any atom is 0.251 e. The molecule has 0 radical (unpaired) electrons. The van der Waals surface area contributed by atoms with Crippen LogP contribution in [0, 0.1) is 5.92 Å². The van der Waals surface area contributed by atoms with Crippen LogP contribution >= 0.6 is 0 Å². The Hall–Kier alpha value is -1.88. The number of anilines is 1. The van der Waals surface area contributed by atoms with Crippen LogP contribution in [-0.2, 0) is 4.79 Å². The molecule has 1 aromatic carbocycles. The molecule has 2 aliphatic rings. The van der Waals surface area contributed by atoms with Crippen LogP contribution < -0.4 is 10.6 Å². The summed E-state index contributed by atoms with van der Waals surface area (Å²) in [6.07, 6.45) is 6.35. The van der Waals surface area contributed by atoms with Crippen LogP contribution in [0.15, 0.2) is 24.3 Å². The van der Waals surface area contributed by atoms with Crippen molar-refractivity contribution in [3.8, 4) is 0 Å². The van der Waals surface area contributed by atoms with E-state index in [0.717, 1.165) is 6.54 Å². The van der Waals surface area contributed by atoms with Crippen molar-refractivity contribution in [3.05, 3.63) is 29.8 Å². The number of hydrogen-bond acceptors (Lipinski definition) is 3. The molecular formula is C19H27N3O2. The monoisotopic (exact) mass is 329 g/mol. The van der Waals surface area contributed by atoms with Gasteiger partial charge in [-0.15, -0.1) is 0 Å². The van der Waals surface area contributed by atoms with Gasteiger partial charge < -0.3 is 15.5 Å². The molecule has 2 saturated heterocycles. The van der Waals surface area contributed by atoms with Crippen molar-refractivity contribution < 1.29 is 9.59 Å². The van der Waals surface area contributed by atoms with Crippen molar-refractivity contribution in [3.63, 3.8) is 0 Å². The predicted molar refractivity (Wildman–Crippen MR) is 95.0 cm³/mol. The van der Waals surface area contributed by atoms with E-state index in [2.05, 4.69) is 15.5 Å². The first kappa shape index (κ1) is 17.0. The zero-order chi connectivity index (χ0) is 16.9. The highest BCUT2D eigenvalue weighted by Gasteiger charge is 2.32. The number of hydrogen-bond donors (Lipinski definition) is 2. The molecule has 3 rings (SSSR count). The Bertz CT molecular complexity index is 583. The van der Waals surface area contributed by atoms with Crippen molar-refractivity contribution in [1.82, 2.24) is 10.2 Å². The molecule has 5 nitrogen and oxygen atoms in total. The summed E-state index contributed by atoms with van der Waals surface area (Å²) in [4.78, 5) is 26.0. The molecule has 0 spiro atoms. The molecule has 2 atom stereocenters. The average molecular weight is 329 g/mol. The minimum Gasteiger partial charge on any atom is -0.352 e. The minimum absolute atomic E-state index is 0.0303. The quantitative estimate of drug-likeness (QED) is 0.893. The highest BCUT2D eigenvalue weighted by atomic mass is 16.2. The molecule has 130 valence electrons. The Morgan fingerprint density at radius 3 is 2.58 bits per heavy atom. The second-order valence-corrected chi connectivity index (χ2v) is 6.97. The molecule has 2 fully saturated rings. The Morgan fingerprint density at radius 2 is 1.83 bits per heavy atom. The van der Waals surface area contributed by atoms with E-state index in [1.807, 2.05) is 0 Å². The van der Waals surface area contributed by atoms with Gasteiger partial charge in [0.1, 0.15) is 0 Å². The van der Waals surface area contributed by atoms with Gasteiger partial charge in [0.25, 0.3) is 5.91 Å². The summed E-state index contributed by atoms with van der Waals surface area (Å²) in [7, 11) is 0. The molecule has 2 amide bonds. The maximum absolute atomic E-state index is 12.4. The molecule has 2 heterocycles. The molecule has 24 heavy (non-hydrogen) atoms. The second-order valence-electron chi connectivity index (χ2n) is 6.97. The van der Waals surface area contributed by atoms with Crippen molar-refractivity contribution in [2.75, 3.05) is 25.0 Å². The number of carbonyl (C=O) groups excluding carboxylic acids is 2. The van der Waals surface area contributed by atoms with E-state index in [4.69, 9.17) is 0 Å². The first-order chi connectivity index (χ1) is 11.6. The first-order valence-corrected chi connectivity index (χ1v) is 9.03. The third-order valence-electron chi connectivity index (χ3n) is 5.22. The standard InChI is InChI=1S/C19H27N3O2/c1-14(23)21-17-9-7-15(8-10-17)19(24)20-13-16-5-4-12-22-11-3-2-6-18(16)22/h7-10,16,18H,2-6,11-13H2,1H3,(H,20,24)(H,21,23)/t16-,18-/m1/s1. The summed E-state index contributed by atoms with van der Waals surface area (Å²) in [6, 6.07) is 7.69. The van der Waals surface area contributed by atoms with Crippen LogP contribution in [0.4, 0.5) is 5.69 Å². The fourth-order valence-corrected chi connectivity index (χ4v) is 4.05. The number of fused-ring (bicyclic) bond motifs is 1. The molecule has 2 aliphatic heterocycles. The van der Waals surface area contributed by atoms with E-state index in [1.165, 1.54) is 52.1 Å². The lowest BCUT2D eigenvalue weighted by Crippen LogP contribution is -2.51. The second kappa shape index (κ2) is 7.79. The van der Waals surface area contributed by atoms with E-state index >= 15 is 0 Å². The summed E-state index contributed by atoms with van der Waals surface area (Å²) in [5, 5.41) is 5.82. The Kier molecular flexibility index (Phi) is 5.51. The molecule has 0 bridgehead atoms. The molecule has 0 aromatic heterocycles. The molecule has 1 aromatic rings. The summed E-state index contributed by atoms with van der Waals surface area (Å²) in [6.45, 7) is 4.67. The summed E-state index contributed by atoms with van der Waals surface area (Å²) in [5.41, 5.74) is 1.35. The number of rotatable bonds is 4. The third-order valence-corrected chi connectivity index (χ3v) is 5.22. The van der Waals surface area contributed by atoms with Crippen LogP contribution in [0.25, 0.3) is 0 Å². The van der Waals surface area contributed by atoms with Crippen LogP contribution in [0.1, 0.15) is 49.4 Å². The van der Waals surface area contributed by atoms with Crippen LogP contribution in [0.2, 0.25) is 0 Å². The summed E-state index contributed by atoms with van der Waals surface area (Å²) < 4.78 is 0.